The van der Waals surface area contributed by atoms with Gasteiger partial charge >= 0.3 is 0 Å². The third kappa shape index (κ3) is 3.32. The summed E-state index contributed by atoms with van der Waals surface area (Å²) in [6.07, 6.45) is 0. The lowest BCUT2D eigenvalue weighted by Gasteiger charge is -2.06. The van der Waals surface area contributed by atoms with E-state index in [9.17, 15) is 9.90 Å². The molecule has 31 heavy (non-hydrogen) atoms. The Morgan fingerprint density at radius 2 is 1.77 bits per heavy atom. The van der Waals surface area contributed by atoms with Crippen LogP contribution in [0.5, 0.6) is 11.5 Å². The topological polar surface area (TPSA) is 93.3 Å². The van der Waals surface area contributed by atoms with Crippen LogP contribution in [0.2, 0.25) is 0 Å². The molecule has 1 aromatic carbocycles. The number of methoxy groups -OCH3 is 1. The van der Waals surface area contributed by atoms with E-state index >= 15 is 0 Å². The van der Waals surface area contributed by atoms with Crippen LogP contribution in [-0.4, -0.2) is 26.8 Å². The van der Waals surface area contributed by atoms with E-state index in [1.165, 1.54) is 6.07 Å². The third-order valence-corrected chi connectivity index (χ3v) is 5.86. The van der Waals surface area contributed by atoms with Crippen LogP contribution in [-0.2, 0) is 7.05 Å². The van der Waals surface area contributed by atoms with Gasteiger partial charge in [-0.15, -0.1) is 0 Å². The second-order valence-electron chi connectivity index (χ2n) is 7.67. The normalized spacial score (nSPS) is 11.2. The van der Waals surface area contributed by atoms with Crippen LogP contribution < -0.4 is 10.2 Å². The molecule has 7 heteroatoms. The van der Waals surface area contributed by atoms with Crippen molar-refractivity contribution in [2.75, 3.05) is 7.11 Å². The van der Waals surface area contributed by atoms with Gasteiger partial charge in [-0.05, 0) is 57.5 Å². The molecule has 0 bridgehead atoms. The van der Waals surface area contributed by atoms with Gasteiger partial charge in [0.25, 0.3) is 0 Å². The summed E-state index contributed by atoms with van der Waals surface area (Å²) < 4.78 is 13.1. The number of H-pyrrole nitrogens is 1. The van der Waals surface area contributed by atoms with Crippen molar-refractivity contribution in [3.05, 3.63) is 63.3 Å². The summed E-state index contributed by atoms with van der Waals surface area (Å²) >= 11 is 0. The van der Waals surface area contributed by atoms with Crippen LogP contribution >= 0.6 is 0 Å². The van der Waals surface area contributed by atoms with E-state index in [0.717, 1.165) is 33.8 Å². The zero-order chi connectivity index (χ0) is 22.4. The van der Waals surface area contributed by atoms with Crippen LogP contribution in [0, 0.1) is 27.7 Å². The fourth-order valence-corrected chi connectivity index (χ4v) is 3.86. The van der Waals surface area contributed by atoms with Gasteiger partial charge in [0, 0.05) is 35.6 Å². The molecular formula is C24H25N3O4. The molecule has 0 spiro atoms. The van der Waals surface area contributed by atoms with Gasteiger partial charge in [0.2, 0.25) is 11.2 Å². The second-order valence-corrected chi connectivity index (χ2v) is 7.67. The lowest BCUT2D eigenvalue weighted by atomic mass is 10.1. The molecule has 160 valence electrons. The Balaban J connectivity index is 2.02. The molecule has 2 N–H and O–H groups in total. The lowest BCUT2D eigenvalue weighted by Crippen LogP contribution is -2.01. The van der Waals surface area contributed by atoms with E-state index in [1.807, 2.05) is 38.2 Å². The summed E-state index contributed by atoms with van der Waals surface area (Å²) in [5.74, 6) is 1.38. The van der Waals surface area contributed by atoms with Crippen molar-refractivity contribution in [2.45, 2.75) is 27.7 Å². The summed E-state index contributed by atoms with van der Waals surface area (Å²) in [5.41, 5.74) is 5.60. The summed E-state index contributed by atoms with van der Waals surface area (Å²) in [7, 11) is 3.62. The minimum Gasteiger partial charge on any atom is -0.501 e. The first kappa shape index (κ1) is 20.5. The van der Waals surface area contributed by atoms with E-state index in [4.69, 9.17) is 14.1 Å². The van der Waals surface area contributed by atoms with Crippen LogP contribution in [0.25, 0.3) is 34.1 Å². The van der Waals surface area contributed by atoms with Gasteiger partial charge in [-0.3, -0.25) is 4.79 Å². The molecule has 0 aliphatic heterocycles. The van der Waals surface area contributed by atoms with Crippen LogP contribution in [0.4, 0.5) is 0 Å². The summed E-state index contributed by atoms with van der Waals surface area (Å²) in [6.45, 7) is 7.82. The Morgan fingerprint density at radius 3 is 2.35 bits per heavy atom. The monoisotopic (exact) mass is 419 g/mol. The molecule has 0 fully saturated rings. The van der Waals surface area contributed by atoms with Crippen molar-refractivity contribution >= 4 is 0 Å². The summed E-state index contributed by atoms with van der Waals surface area (Å²) in [6, 6.07) is 8.69. The highest BCUT2D eigenvalue weighted by molar-refractivity contribution is 5.82. The highest BCUT2D eigenvalue weighted by Gasteiger charge is 2.24. The Kier molecular flexibility index (Phi) is 4.97. The predicted octanol–water partition coefficient (Wildman–Crippen LogP) is 4.65. The zero-order valence-corrected chi connectivity index (χ0v) is 18.5. The molecule has 7 nitrogen and oxygen atoms in total. The van der Waals surface area contributed by atoms with Gasteiger partial charge < -0.3 is 23.8 Å². The largest absolute Gasteiger partial charge is 0.501 e. The van der Waals surface area contributed by atoms with Crippen molar-refractivity contribution in [1.29, 1.82) is 0 Å². The minimum absolute atomic E-state index is 0.0672. The molecule has 0 radical (unpaired) electrons. The highest BCUT2D eigenvalue weighted by atomic mass is 16.5. The molecule has 0 aliphatic carbocycles. The zero-order valence-electron chi connectivity index (χ0n) is 18.5. The fourth-order valence-electron chi connectivity index (χ4n) is 3.86. The average molecular weight is 419 g/mol. The predicted molar refractivity (Wildman–Crippen MR) is 120 cm³/mol. The number of imidazole rings is 1. The Morgan fingerprint density at radius 1 is 1.10 bits per heavy atom. The van der Waals surface area contributed by atoms with Crippen molar-refractivity contribution < 1.29 is 14.3 Å². The maximum Gasteiger partial charge on any atom is 0.227 e. The van der Waals surface area contributed by atoms with Crippen LogP contribution in [0.3, 0.4) is 0 Å². The standard InChI is InChI=1S/C24H25N3O4/c1-12-11-18(28)22(29)23(31-12)21-20(16-7-9-17(30-6)10-8-16)25-24(26-21)19-13(2)14(3)27(5)15(19)4/h7-11,29H,1-6H3,(H,25,26). The second kappa shape index (κ2) is 7.50. The number of nitrogens with zero attached hydrogens (tertiary/aromatic N) is 2. The average Bonchev–Trinajstić information content (AvgIpc) is 3.26. The van der Waals surface area contributed by atoms with Gasteiger partial charge in [0.05, 0.1) is 7.11 Å². The Labute approximate surface area is 180 Å². The number of hydrogen-bond donors (Lipinski definition) is 2. The summed E-state index contributed by atoms with van der Waals surface area (Å²) in [5, 5.41) is 10.5. The smallest absolute Gasteiger partial charge is 0.227 e. The molecule has 0 saturated carbocycles. The van der Waals surface area contributed by atoms with E-state index in [2.05, 4.69) is 23.4 Å². The molecule has 4 aromatic rings. The maximum absolute atomic E-state index is 12.2. The van der Waals surface area contributed by atoms with Gasteiger partial charge in [-0.1, -0.05) is 0 Å². The number of ether oxygens (including phenoxy) is 1. The maximum atomic E-state index is 12.2. The number of rotatable bonds is 4. The number of aromatic amines is 1. The number of aromatic hydroxyl groups is 1. The number of nitrogens with one attached hydrogen (secondary N) is 1. The van der Waals surface area contributed by atoms with Crippen molar-refractivity contribution in [1.82, 2.24) is 14.5 Å². The molecule has 0 amide bonds. The summed E-state index contributed by atoms with van der Waals surface area (Å²) in [4.78, 5) is 20.4. The first-order valence-electron chi connectivity index (χ1n) is 9.94. The van der Waals surface area contributed by atoms with Crippen molar-refractivity contribution in [3.63, 3.8) is 0 Å². The fraction of sp³-hybridized carbons (Fsp3) is 0.250. The van der Waals surface area contributed by atoms with Gasteiger partial charge in [0.15, 0.2) is 5.76 Å². The Bertz CT molecular complexity index is 1320. The van der Waals surface area contributed by atoms with E-state index in [-0.39, 0.29) is 5.76 Å². The van der Waals surface area contributed by atoms with Crippen molar-refractivity contribution in [2.24, 2.45) is 7.05 Å². The Hall–Kier alpha value is -3.74. The first-order valence-corrected chi connectivity index (χ1v) is 9.94. The van der Waals surface area contributed by atoms with Gasteiger partial charge in [-0.25, -0.2) is 4.98 Å². The SMILES string of the molecule is COc1ccc(-c2nc(-c3c(C)c(C)n(C)c3C)[nH]c2-c2oc(C)cc(=O)c2O)cc1. The lowest BCUT2D eigenvalue weighted by molar-refractivity contribution is 0.415. The number of aromatic nitrogens is 3. The molecule has 0 saturated heterocycles. The minimum atomic E-state index is -0.501. The molecule has 0 aliphatic rings. The van der Waals surface area contributed by atoms with Crippen LogP contribution in [0.15, 0.2) is 39.5 Å². The van der Waals surface area contributed by atoms with E-state index in [1.54, 1.807) is 14.0 Å². The molecule has 0 unspecified atom stereocenters. The molecule has 3 heterocycles. The quantitative estimate of drug-likeness (QED) is 0.502. The van der Waals surface area contributed by atoms with Crippen LogP contribution in [0.1, 0.15) is 22.7 Å². The first-order chi connectivity index (χ1) is 14.7. The van der Waals surface area contributed by atoms with E-state index in [0.29, 0.717) is 23.0 Å². The molecule has 3 aromatic heterocycles. The molecular weight excluding hydrogens is 394 g/mol. The highest BCUT2D eigenvalue weighted by Crippen LogP contribution is 2.39. The molecule has 4 rings (SSSR count). The third-order valence-electron chi connectivity index (χ3n) is 5.86. The van der Waals surface area contributed by atoms with E-state index < -0.39 is 11.2 Å². The number of aryl methyl sites for hydroxylation is 1. The number of hydrogen-bond acceptors (Lipinski definition) is 5. The van der Waals surface area contributed by atoms with Crippen molar-refractivity contribution in [3.8, 4) is 45.6 Å². The van der Waals surface area contributed by atoms with Gasteiger partial charge in [-0.2, -0.15) is 0 Å². The van der Waals surface area contributed by atoms with Gasteiger partial charge in [0.1, 0.15) is 28.7 Å². The number of benzene rings is 1. The molecule has 0 atom stereocenters.